The molecule has 8 nitrogen and oxygen atoms in total. The molecule has 0 unspecified atom stereocenters. The van der Waals surface area contributed by atoms with Gasteiger partial charge in [-0.3, -0.25) is 9.59 Å². The number of carbonyl (C=O) groups is 2. The second-order valence-electron chi connectivity index (χ2n) is 11.7. The number of carboxylic acids is 2. The quantitative estimate of drug-likeness (QED) is 0.231. The summed E-state index contributed by atoms with van der Waals surface area (Å²) in [6, 6.07) is 0. The lowest BCUT2D eigenvalue weighted by Crippen LogP contribution is -2.12. The fraction of sp³-hybridized carbons (Fsp3) is 0.412. The van der Waals surface area contributed by atoms with Gasteiger partial charge in [0.05, 0.1) is 0 Å². The molecule has 0 aromatic carbocycles. The van der Waals surface area contributed by atoms with Crippen molar-refractivity contribution < 1.29 is 19.8 Å². The fourth-order valence-electron chi connectivity index (χ4n) is 6.76. The molecule has 2 aliphatic heterocycles. The van der Waals surface area contributed by atoms with E-state index in [0.717, 1.165) is 68.8 Å². The SMILES string of the molecule is CCc1c2[nH]c(c1C)/C=c1\[nH]/c(c(C)c1CC)=C\c1[nH]c(c(CCC(=O)O)c1C)/C=C1\N/C(=C\2)[C@@H](C)[C@H]1CCC(=O)O. The van der Waals surface area contributed by atoms with Crippen molar-refractivity contribution in [1.29, 1.82) is 0 Å². The number of carboxylic acid groups (broad SMARTS) is 2. The Bertz CT molecular complexity index is 1740. The maximum atomic E-state index is 11.6. The van der Waals surface area contributed by atoms with Crippen molar-refractivity contribution in [1.82, 2.24) is 20.3 Å². The number of aliphatic carboxylic acids is 2. The summed E-state index contributed by atoms with van der Waals surface area (Å²) in [5.41, 5.74) is 12.9. The third kappa shape index (κ3) is 5.38. The molecule has 1 saturated heterocycles. The van der Waals surface area contributed by atoms with Gasteiger partial charge >= 0.3 is 11.9 Å². The Balaban J connectivity index is 1.81. The van der Waals surface area contributed by atoms with Crippen LogP contribution in [0.3, 0.4) is 0 Å². The molecule has 6 N–H and O–H groups in total. The van der Waals surface area contributed by atoms with Crippen molar-refractivity contribution in [3.05, 3.63) is 78.2 Å². The van der Waals surface area contributed by atoms with Gasteiger partial charge in [0, 0.05) is 69.5 Å². The maximum absolute atomic E-state index is 11.6. The number of hydrogen-bond acceptors (Lipinski definition) is 3. The highest BCUT2D eigenvalue weighted by Gasteiger charge is 2.33. The van der Waals surface area contributed by atoms with Gasteiger partial charge in [-0.1, -0.05) is 20.8 Å². The molecule has 3 aromatic rings. The molecular weight excluding hydrogens is 528 g/mol. The Labute approximate surface area is 246 Å². The van der Waals surface area contributed by atoms with Crippen molar-refractivity contribution in [2.24, 2.45) is 11.8 Å². The van der Waals surface area contributed by atoms with E-state index >= 15 is 0 Å². The second-order valence-corrected chi connectivity index (χ2v) is 11.7. The third-order valence-electron chi connectivity index (χ3n) is 9.28. The highest BCUT2D eigenvalue weighted by Crippen LogP contribution is 2.39. The molecule has 222 valence electrons. The summed E-state index contributed by atoms with van der Waals surface area (Å²) in [5.74, 6) is -1.59. The van der Waals surface area contributed by atoms with Crippen LogP contribution in [0, 0.1) is 32.6 Å². The lowest BCUT2D eigenvalue weighted by molar-refractivity contribution is -0.138. The molecule has 0 spiro atoms. The number of nitrogens with one attached hydrogen (secondary N) is 4. The number of aromatic amines is 3. The number of allylic oxidation sites excluding steroid dienone is 2. The zero-order chi connectivity index (χ0) is 30.3. The molecule has 1 fully saturated rings. The molecule has 0 saturated carbocycles. The van der Waals surface area contributed by atoms with Crippen LogP contribution >= 0.6 is 0 Å². The minimum absolute atomic E-state index is 0.0153. The van der Waals surface area contributed by atoms with E-state index in [1.54, 1.807) is 0 Å². The topological polar surface area (TPSA) is 134 Å². The molecule has 5 rings (SSSR count). The zero-order valence-electron chi connectivity index (χ0n) is 25.4. The minimum atomic E-state index is -0.838. The predicted octanol–water partition coefficient (Wildman–Crippen LogP) is 4.81. The normalized spacial score (nSPS) is 21.8. The highest BCUT2D eigenvalue weighted by molar-refractivity contribution is 5.71. The van der Waals surface area contributed by atoms with Crippen molar-refractivity contribution in [3.63, 3.8) is 0 Å². The summed E-state index contributed by atoms with van der Waals surface area (Å²) in [5, 5.41) is 24.7. The van der Waals surface area contributed by atoms with Gasteiger partial charge in [-0.2, -0.15) is 0 Å². The summed E-state index contributed by atoms with van der Waals surface area (Å²) in [6.07, 6.45) is 11.4. The van der Waals surface area contributed by atoms with Crippen LogP contribution in [-0.4, -0.2) is 37.1 Å². The molecule has 3 aromatic heterocycles. The number of rotatable bonds is 8. The monoisotopic (exact) mass is 570 g/mol. The van der Waals surface area contributed by atoms with E-state index in [0.29, 0.717) is 12.8 Å². The molecule has 42 heavy (non-hydrogen) atoms. The van der Waals surface area contributed by atoms with Gasteiger partial charge in [0.15, 0.2) is 0 Å². The Morgan fingerprint density at radius 3 is 1.88 bits per heavy atom. The first-order valence-corrected chi connectivity index (χ1v) is 15.0. The van der Waals surface area contributed by atoms with Crippen molar-refractivity contribution in [3.8, 4) is 0 Å². The summed E-state index contributed by atoms with van der Waals surface area (Å²) in [6.45, 7) is 12.8. The molecule has 0 aliphatic carbocycles. The zero-order valence-corrected chi connectivity index (χ0v) is 25.4. The Morgan fingerprint density at radius 2 is 1.26 bits per heavy atom. The molecule has 5 heterocycles. The fourth-order valence-corrected chi connectivity index (χ4v) is 6.76. The summed E-state index contributed by atoms with van der Waals surface area (Å²) in [4.78, 5) is 34.1. The Kier molecular flexibility index (Phi) is 8.08. The molecule has 2 atom stereocenters. The van der Waals surface area contributed by atoms with E-state index in [-0.39, 0.29) is 24.7 Å². The standard InChI is InChI=1S/C34H42N4O4/c1-7-21-17(3)25-13-26-19(5)23(9-11-33(39)40)31(37-26)16-32-24(10-12-34(41)42)20(6)28(38-32)15-30-22(8-2)18(4)27(36-30)14-29(21)35-25/h13-16,20,24,35-38H,7-12H2,1-6H3,(H,39,40)(H,41,42)/b25-13-,28-15-,29-14-,32-16-/t20-,24+/m0/s1. The maximum Gasteiger partial charge on any atom is 0.303 e. The van der Waals surface area contributed by atoms with Gasteiger partial charge in [-0.15, -0.1) is 0 Å². The van der Waals surface area contributed by atoms with Crippen LogP contribution in [0.2, 0.25) is 0 Å². The van der Waals surface area contributed by atoms with Crippen LogP contribution in [-0.2, 0) is 28.9 Å². The van der Waals surface area contributed by atoms with Crippen molar-refractivity contribution in [2.75, 3.05) is 0 Å². The minimum Gasteiger partial charge on any atom is -0.481 e. The van der Waals surface area contributed by atoms with E-state index < -0.39 is 11.9 Å². The Hall–Kier alpha value is -4.20. The van der Waals surface area contributed by atoms with Gasteiger partial charge in [0.2, 0.25) is 0 Å². The smallest absolute Gasteiger partial charge is 0.303 e. The van der Waals surface area contributed by atoms with E-state index in [4.69, 9.17) is 0 Å². The average molecular weight is 571 g/mol. The van der Waals surface area contributed by atoms with Crippen LogP contribution in [0.4, 0.5) is 0 Å². The third-order valence-corrected chi connectivity index (χ3v) is 9.28. The first kappa shape index (κ1) is 29.3. The molecule has 0 radical (unpaired) electrons. The van der Waals surface area contributed by atoms with Crippen molar-refractivity contribution >= 4 is 36.2 Å². The average Bonchev–Trinajstić information content (AvgIpc) is 3.59. The molecule has 2 aliphatic rings. The molecule has 8 heteroatoms. The van der Waals surface area contributed by atoms with Gasteiger partial charge < -0.3 is 30.5 Å². The van der Waals surface area contributed by atoms with Gasteiger partial charge in [0.1, 0.15) is 0 Å². The van der Waals surface area contributed by atoms with Crippen molar-refractivity contribution in [2.45, 2.75) is 80.1 Å². The van der Waals surface area contributed by atoms with E-state index in [2.05, 4.69) is 79.2 Å². The lowest BCUT2D eigenvalue weighted by atomic mass is 9.88. The predicted molar refractivity (Wildman–Crippen MR) is 166 cm³/mol. The van der Waals surface area contributed by atoms with Crippen LogP contribution in [0.25, 0.3) is 24.3 Å². The first-order valence-electron chi connectivity index (χ1n) is 15.0. The number of H-pyrrole nitrogens is 3. The van der Waals surface area contributed by atoms with E-state index in [9.17, 15) is 19.8 Å². The first-order chi connectivity index (χ1) is 20.0. The Morgan fingerprint density at radius 1 is 0.690 bits per heavy atom. The molecular formula is C34H42N4O4. The summed E-state index contributed by atoms with van der Waals surface area (Å²) >= 11 is 0. The lowest BCUT2D eigenvalue weighted by Gasteiger charge is -2.14. The van der Waals surface area contributed by atoms with Crippen LogP contribution < -0.4 is 16.0 Å². The highest BCUT2D eigenvalue weighted by atomic mass is 16.4. The van der Waals surface area contributed by atoms with Crippen LogP contribution in [0.1, 0.15) is 96.2 Å². The molecule has 0 amide bonds. The number of aromatic nitrogens is 3. The van der Waals surface area contributed by atoms with Crippen LogP contribution in [0.5, 0.6) is 0 Å². The number of fused-ring (bicyclic) bond motifs is 8. The van der Waals surface area contributed by atoms with Gasteiger partial charge in [-0.25, -0.2) is 0 Å². The summed E-state index contributed by atoms with van der Waals surface area (Å²) < 4.78 is 0. The van der Waals surface area contributed by atoms with Crippen LogP contribution in [0.15, 0.2) is 11.4 Å². The molecule has 8 bridgehead atoms. The van der Waals surface area contributed by atoms with E-state index in [1.165, 1.54) is 22.3 Å². The second kappa shape index (κ2) is 11.6. The number of hydrogen-bond donors (Lipinski definition) is 6. The van der Waals surface area contributed by atoms with Gasteiger partial charge in [-0.05, 0) is 104 Å². The summed E-state index contributed by atoms with van der Waals surface area (Å²) in [7, 11) is 0. The van der Waals surface area contributed by atoms with Gasteiger partial charge in [0.25, 0.3) is 0 Å². The largest absolute Gasteiger partial charge is 0.481 e. The van der Waals surface area contributed by atoms with E-state index in [1.807, 2.05) is 6.92 Å².